The largest absolute Gasteiger partial charge is 0.457 e. The molecule has 4 bridgehead atoms. The van der Waals surface area contributed by atoms with Crippen LogP contribution < -0.4 is 4.90 Å². The molecule has 3 heterocycles. The molecule has 30 heavy (non-hydrogen) atoms. The molecule has 0 radical (unpaired) electrons. The van der Waals surface area contributed by atoms with E-state index in [9.17, 15) is 0 Å². The monoisotopic (exact) mass is 400 g/mol. The number of para-hydroxylation sites is 1. The number of rotatable bonds is 2. The Morgan fingerprint density at radius 3 is 2.37 bits per heavy atom. The Kier molecular flexibility index (Phi) is 3.36. The van der Waals surface area contributed by atoms with Crippen LogP contribution in [0, 0.1) is 30.6 Å². The van der Waals surface area contributed by atoms with Crippen LogP contribution in [-0.4, -0.2) is 4.57 Å². The first-order valence-electron chi connectivity index (χ1n) is 12.1. The van der Waals surface area contributed by atoms with Gasteiger partial charge in [-0.2, -0.15) is 0 Å². The third kappa shape index (κ3) is 1.89. The van der Waals surface area contributed by atoms with E-state index in [4.69, 9.17) is 4.42 Å². The smallest absolute Gasteiger partial charge is 0.152 e. The summed E-state index contributed by atoms with van der Waals surface area (Å²) in [6.45, 7) is 4.64. The zero-order chi connectivity index (χ0) is 20.2. The van der Waals surface area contributed by atoms with Crippen LogP contribution in [0.25, 0.3) is 11.1 Å². The van der Waals surface area contributed by atoms with Crippen molar-refractivity contribution >= 4 is 16.8 Å². The predicted molar refractivity (Wildman–Crippen MR) is 121 cm³/mol. The lowest BCUT2D eigenvalue weighted by molar-refractivity contribution is -0.0601. The molecule has 2 aromatic heterocycles. The topological polar surface area (TPSA) is 21.3 Å². The predicted octanol–water partition coefficient (Wildman–Crippen LogP) is 6.70. The van der Waals surface area contributed by atoms with E-state index in [1.54, 1.807) is 5.56 Å². The highest BCUT2D eigenvalue weighted by molar-refractivity contribution is 5.85. The van der Waals surface area contributed by atoms with E-state index in [0.29, 0.717) is 6.04 Å². The van der Waals surface area contributed by atoms with Crippen LogP contribution in [0.1, 0.15) is 68.4 Å². The average molecular weight is 401 g/mol. The fourth-order valence-electron chi connectivity index (χ4n) is 8.57. The number of hydrogen-bond donors (Lipinski definition) is 0. The summed E-state index contributed by atoms with van der Waals surface area (Å²) in [6, 6.07) is 11.6. The number of fused-ring (bicyclic) bond motifs is 3. The fourth-order valence-corrected chi connectivity index (χ4v) is 8.57. The second-order valence-corrected chi connectivity index (χ2v) is 10.7. The van der Waals surface area contributed by atoms with E-state index in [1.807, 2.05) is 0 Å². The Morgan fingerprint density at radius 2 is 1.70 bits per heavy atom. The third-order valence-electron chi connectivity index (χ3n) is 9.30. The molecule has 1 spiro atoms. The van der Waals surface area contributed by atoms with Gasteiger partial charge in [0, 0.05) is 24.5 Å². The molecule has 4 aliphatic carbocycles. The third-order valence-corrected chi connectivity index (χ3v) is 9.30. The summed E-state index contributed by atoms with van der Waals surface area (Å²) in [6.07, 6.45) is 10.4. The van der Waals surface area contributed by atoms with Crippen molar-refractivity contribution in [2.24, 2.45) is 30.7 Å². The number of hydrogen-bond acceptors (Lipinski definition) is 2. The first kappa shape index (κ1) is 17.5. The molecule has 3 heteroatoms. The summed E-state index contributed by atoms with van der Waals surface area (Å²) in [5, 5.41) is 0. The second-order valence-electron chi connectivity index (χ2n) is 10.7. The van der Waals surface area contributed by atoms with Crippen LogP contribution in [0.4, 0.5) is 5.69 Å². The number of aryl methyl sites for hydroxylation is 2. The molecule has 3 nitrogen and oxygen atoms in total. The summed E-state index contributed by atoms with van der Waals surface area (Å²) < 4.78 is 9.03. The molecule has 156 valence electrons. The Balaban J connectivity index is 1.57. The van der Waals surface area contributed by atoms with Crippen LogP contribution >= 0.6 is 0 Å². The Bertz CT molecular complexity index is 1120. The molecule has 4 fully saturated rings. The van der Waals surface area contributed by atoms with Gasteiger partial charge >= 0.3 is 0 Å². The minimum absolute atomic E-state index is 0.104. The van der Waals surface area contributed by atoms with Gasteiger partial charge in [0.15, 0.2) is 5.58 Å². The van der Waals surface area contributed by atoms with Crippen LogP contribution in [0.2, 0.25) is 0 Å². The van der Waals surface area contributed by atoms with Crippen molar-refractivity contribution in [1.29, 1.82) is 0 Å². The van der Waals surface area contributed by atoms with Gasteiger partial charge in [0.1, 0.15) is 5.76 Å². The second kappa shape index (κ2) is 5.75. The minimum Gasteiger partial charge on any atom is -0.457 e. The molecule has 4 saturated carbocycles. The summed E-state index contributed by atoms with van der Waals surface area (Å²) in [4.78, 5) is 2.88. The van der Waals surface area contributed by atoms with E-state index < -0.39 is 0 Å². The van der Waals surface area contributed by atoms with Gasteiger partial charge in [0.25, 0.3) is 0 Å². The van der Waals surface area contributed by atoms with Crippen molar-refractivity contribution in [3.63, 3.8) is 0 Å². The fraction of sp³-hybridized carbons (Fsp3) is 0.556. The van der Waals surface area contributed by atoms with Crippen LogP contribution in [0.3, 0.4) is 0 Å². The molecule has 1 unspecified atom stereocenters. The number of furan rings is 1. The van der Waals surface area contributed by atoms with Crippen molar-refractivity contribution in [2.45, 2.75) is 64.0 Å². The lowest BCUT2D eigenvalue weighted by Crippen LogP contribution is -2.62. The molecule has 3 aromatic rings. The summed E-state index contributed by atoms with van der Waals surface area (Å²) >= 11 is 0. The standard InChI is InChI=1S/C27H32N2O/c1-4-21-26-24(25-23(30-26)9-10-28(25)3)27(29(21)22-8-6-5-7-16(22)2)19-12-17-11-18(14-19)15-20(27)13-17/h5-10,17-21H,4,11-15H2,1-3H3. The highest BCUT2D eigenvalue weighted by Crippen LogP contribution is 2.70. The SMILES string of the molecule is CCC1c2oc3ccn(C)c3c2C2(C3CC4CC(C3)CC2C4)N1c1ccccc1C. The zero-order valence-electron chi connectivity index (χ0n) is 18.4. The summed E-state index contributed by atoms with van der Waals surface area (Å²) in [5.74, 6) is 4.68. The molecule has 8 rings (SSSR count). The molecule has 0 amide bonds. The molecule has 0 saturated heterocycles. The van der Waals surface area contributed by atoms with Gasteiger partial charge in [0.2, 0.25) is 0 Å². The molecular formula is C27H32N2O. The Labute approximate surface area is 179 Å². The van der Waals surface area contributed by atoms with Crippen molar-refractivity contribution in [2.75, 3.05) is 4.90 Å². The number of aromatic nitrogens is 1. The van der Waals surface area contributed by atoms with Crippen LogP contribution in [0.15, 0.2) is 40.9 Å². The van der Waals surface area contributed by atoms with E-state index in [-0.39, 0.29) is 5.54 Å². The normalized spacial score (nSPS) is 36.4. The molecular weight excluding hydrogens is 368 g/mol. The lowest BCUT2D eigenvalue weighted by atomic mass is 9.47. The van der Waals surface area contributed by atoms with E-state index in [2.05, 4.69) is 66.9 Å². The number of anilines is 1. The van der Waals surface area contributed by atoms with Gasteiger partial charge < -0.3 is 13.9 Å². The zero-order valence-corrected chi connectivity index (χ0v) is 18.4. The van der Waals surface area contributed by atoms with Crippen molar-refractivity contribution in [3.05, 3.63) is 53.4 Å². The average Bonchev–Trinajstić information content (AvgIpc) is 3.35. The maximum absolute atomic E-state index is 6.69. The Morgan fingerprint density at radius 1 is 1.00 bits per heavy atom. The van der Waals surface area contributed by atoms with Crippen LogP contribution in [0.5, 0.6) is 0 Å². The quantitative estimate of drug-likeness (QED) is 0.477. The Hall–Kier alpha value is -2.16. The van der Waals surface area contributed by atoms with Gasteiger partial charge in [-0.15, -0.1) is 0 Å². The van der Waals surface area contributed by atoms with Gasteiger partial charge in [-0.25, -0.2) is 0 Å². The molecule has 1 aliphatic heterocycles. The lowest BCUT2D eigenvalue weighted by Gasteiger charge is -2.64. The highest BCUT2D eigenvalue weighted by atomic mass is 16.3. The van der Waals surface area contributed by atoms with Crippen molar-refractivity contribution in [3.8, 4) is 0 Å². The van der Waals surface area contributed by atoms with Gasteiger partial charge in [-0.1, -0.05) is 25.1 Å². The molecule has 1 aromatic carbocycles. The van der Waals surface area contributed by atoms with Gasteiger partial charge in [0.05, 0.1) is 17.1 Å². The van der Waals surface area contributed by atoms with E-state index >= 15 is 0 Å². The summed E-state index contributed by atoms with van der Waals surface area (Å²) in [7, 11) is 2.21. The van der Waals surface area contributed by atoms with Gasteiger partial charge in [-0.05, 0) is 86.8 Å². The molecule has 0 N–H and O–H groups in total. The van der Waals surface area contributed by atoms with Crippen molar-refractivity contribution < 1.29 is 4.42 Å². The first-order chi connectivity index (χ1) is 14.6. The van der Waals surface area contributed by atoms with Crippen molar-refractivity contribution in [1.82, 2.24) is 4.57 Å². The molecule has 5 aliphatic rings. The van der Waals surface area contributed by atoms with E-state index in [1.165, 1.54) is 54.6 Å². The van der Waals surface area contributed by atoms with E-state index in [0.717, 1.165) is 35.7 Å². The van der Waals surface area contributed by atoms with Gasteiger partial charge in [-0.3, -0.25) is 0 Å². The number of benzene rings is 1. The maximum Gasteiger partial charge on any atom is 0.152 e. The summed E-state index contributed by atoms with van der Waals surface area (Å²) in [5.41, 5.74) is 6.97. The number of nitrogens with zero attached hydrogens (tertiary/aromatic N) is 2. The van der Waals surface area contributed by atoms with Crippen LogP contribution in [-0.2, 0) is 12.6 Å². The first-order valence-corrected chi connectivity index (χ1v) is 12.1. The highest BCUT2D eigenvalue weighted by Gasteiger charge is 2.67. The molecule has 1 atom stereocenters. The maximum atomic E-state index is 6.69. The minimum atomic E-state index is 0.104.